The number of nitrogens with zero attached hydrogens (tertiary/aromatic N) is 2. The van der Waals surface area contributed by atoms with E-state index in [4.69, 9.17) is 0 Å². The van der Waals surface area contributed by atoms with E-state index in [2.05, 4.69) is 36.8 Å². The van der Waals surface area contributed by atoms with Crippen molar-refractivity contribution in [1.29, 1.82) is 0 Å². The van der Waals surface area contributed by atoms with E-state index in [-0.39, 0.29) is 11.8 Å². The number of hydrogen-bond donors (Lipinski definition) is 2. The third kappa shape index (κ3) is 5.29. The van der Waals surface area contributed by atoms with Gasteiger partial charge in [-0.15, -0.1) is 10.2 Å². The van der Waals surface area contributed by atoms with Crippen molar-refractivity contribution in [2.75, 3.05) is 17.3 Å². The topological polar surface area (TPSA) is 84.0 Å². The molecule has 0 aliphatic rings. The Labute approximate surface area is 157 Å². The molecule has 0 saturated carbocycles. The molecule has 2 aromatic rings. The Bertz CT molecular complexity index is 723. The quantitative estimate of drug-likeness (QED) is 0.707. The lowest BCUT2D eigenvalue weighted by atomic mass is 10.1. The van der Waals surface area contributed by atoms with Crippen LogP contribution in [0.15, 0.2) is 28.7 Å². The normalized spacial score (nSPS) is 11.8. The first-order chi connectivity index (χ1) is 11.5. The van der Waals surface area contributed by atoms with E-state index in [1.165, 1.54) is 11.3 Å². The average Bonchev–Trinajstić information content (AvgIpc) is 2.96. The Morgan fingerprint density at radius 2 is 2.08 bits per heavy atom. The van der Waals surface area contributed by atoms with E-state index in [1.807, 2.05) is 19.2 Å². The van der Waals surface area contributed by atoms with E-state index >= 15 is 0 Å². The van der Waals surface area contributed by atoms with Crippen molar-refractivity contribution in [3.05, 3.63) is 39.3 Å². The van der Waals surface area contributed by atoms with Gasteiger partial charge in [0.1, 0.15) is 11.0 Å². The van der Waals surface area contributed by atoms with Gasteiger partial charge in [-0.2, -0.15) is 11.8 Å². The number of amides is 2. The van der Waals surface area contributed by atoms with Gasteiger partial charge in [0.15, 0.2) is 0 Å². The average molecular weight is 429 g/mol. The second kappa shape index (κ2) is 9.14. The maximum absolute atomic E-state index is 12.5. The first-order valence-corrected chi connectivity index (χ1v) is 10.2. The standard InChI is InChI=1S/C15H17BrN4O2S2/c1-9-19-20-15(24-9)18-14(22)12(7-8-23-2)17-13(21)10-5-3-4-6-11(10)16/h3-6,12H,7-8H2,1-2H3,(H,17,21)(H,18,20,22). The Balaban J connectivity index is 2.08. The van der Waals surface area contributed by atoms with Gasteiger partial charge in [-0.05, 0) is 53.4 Å². The van der Waals surface area contributed by atoms with E-state index in [0.29, 0.717) is 21.6 Å². The van der Waals surface area contributed by atoms with E-state index in [9.17, 15) is 9.59 Å². The Morgan fingerprint density at radius 1 is 1.33 bits per heavy atom. The molecular formula is C15H17BrN4O2S2. The predicted molar refractivity (Wildman–Crippen MR) is 102 cm³/mol. The van der Waals surface area contributed by atoms with Gasteiger partial charge in [-0.1, -0.05) is 23.5 Å². The van der Waals surface area contributed by atoms with Crippen molar-refractivity contribution < 1.29 is 9.59 Å². The Kier molecular flexibility index (Phi) is 7.19. The highest BCUT2D eigenvalue weighted by Crippen LogP contribution is 2.17. The van der Waals surface area contributed by atoms with Gasteiger partial charge >= 0.3 is 0 Å². The van der Waals surface area contributed by atoms with Crippen LogP contribution < -0.4 is 10.6 Å². The van der Waals surface area contributed by atoms with E-state index in [0.717, 1.165) is 10.8 Å². The third-order valence-corrected chi connectivity index (χ3v) is 5.20. The lowest BCUT2D eigenvalue weighted by Gasteiger charge is -2.17. The van der Waals surface area contributed by atoms with Crippen molar-refractivity contribution in [2.45, 2.75) is 19.4 Å². The molecule has 1 aromatic carbocycles. The summed E-state index contributed by atoms with van der Waals surface area (Å²) in [5, 5.41) is 14.5. The summed E-state index contributed by atoms with van der Waals surface area (Å²) >= 11 is 6.26. The number of thioether (sulfide) groups is 1. The summed E-state index contributed by atoms with van der Waals surface area (Å²) in [4.78, 5) is 24.9. The number of hydrogen-bond acceptors (Lipinski definition) is 6. The Morgan fingerprint density at radius 3 is 2.71 bits per heavy atom. The van der Waals surface area contributed by atoms with Crippen LogP contribution in [-0.4, -0.2) is 40.1 Å². The molecule has 2 amide bonds. The highest BCUT2D eigenvalue weighted by atomic mass is 79.9. The summed E-state index contributed by atoms with van der Waals surface area (Å²) in [6.45, 7) is 1.81. The molecule has 9 heteroatoms. The zero-order valence-electron chi connectivity index (χ0n) is 13.2. The monoisotopic (exact) mass is 428 g/mol. The number of anilines is 1. The minimum absolute atomic E-state index is 0.291. The van der Waals surface area contributed by atoms with Gasteiger partial charge in [0.25, 0.3) is 5.91 Å². The second-order valence-electron chi connectivity index (χ2n) is 4.90. The molecule has 0 radical (unpaired) electrons. The summed E-state index contributed by atoms with van der Waals surface area (Å²) < 4.78 is 0.686. The number of rotatable bonds is 7. The van der Waals surface area contributed by atoms with Crippen LogP contribution in [0, 0.1) is 6.92 Å². The molecular weight excluding hydrogens is 412 g/mol. The smallest absolute Gasteiger partial charge is 0.253 e. The number of benzene rings is 1. The minimum Gasteiger partial charge on any atom is -0.340 e. The summed E-state index contributed by atoms with van der Waals surface area (Å²) in [5.41, 5.74) is 0.492. The zero-order valence-corrected chi connectivity index (χ0v) is 16.4. The number of aromatic nitrogens is 2. The maximum atomic E-state index is 12.5. The molecule has 2 N–H and O–H groups in total. The van der Waals surface area contributed by atoms with Crippen LogP contribution in [-0.2, 0) is 4.79 Å². The Hall–Kier alpha value is -1.45. The lowest BCUT2D eigenvalue weighted by molar-refractivity contribution is -0.118. The van der Waals surface area contributed by atoms with Crippen LogP contribution in [0.4, 0.5) is 5.13 Å². The third-order valence-electron chi connectivity index (χ3n) is 3.11. The van der Waals surface area contributed by atoms with Crippen molar-refractivity contribution >= 4 is 56.0 Å². The molecule has 0 saturated heterocycles. The van der Waals surface area contributed by atoms with Crippen LogP contribution >= 0.6 is 39.0 Å². The zero-order chi connectivity index (χ0) is 17.5. The molecule has 0 spiro atoms. The van der Waals surface area contributed by atoms with Crippen molar-refractivity contribution in [3.8, 4) is 0 Å². The maximum Gasteiger partial charge on any atom is 0.253 e. The molecule has 2 rings (SSSR count). The van der Waals surface area contributed by atoms with Crippen LogP contribution in [0.2, 0.25) is 0 Å². The molecule has 128 valence electrons. The fourth-order valence-electron chi connectivity index (χ4n) is 1.93. The SMILES string of the molecule is CSCCC(NC(=O)c1ccccc1Br)C(=O)Nc1nnc(C)s1. The molecule has 6 nitrogen and oxygen atoms in total. The largest absolute Gasteiger partial charge is 0.340 e. The van der Waals surface area contributed by atoms with Crippen molar-refractivity contribution in [3.63, 3.8) is 0 Å². The molecule has 0 fully saturated rings. The molecule has 24 heavy (non-hydrogen) atoms. The molecule has 0 aliphatic carbocycles. The molecule has 1 aromatic heterocycles. The summed E-state index contributed by atoms with van der Waals surface area (Å²) in [5.74, 6) is 0.168. The van der Waals surface area contributed by atoms with Gasteiger partial charge in [0, 0.05) is 4.47 Å². The molecule has 0 aliphatic heterocycles. The molecule has 1 unspecified atom stereocenters. The number of nitrogens with one attached hydrogen (secondary N) is 2. The number of halogens is 1. The predicted octanol–water partition coefficient (Wildman–Crippen LogP) is 3.10. The van der Waals surface area contributed by atoms with Crippen molar-refractivity contribution in [2.24, 2.45) is 0 Å². The first-order valence-electron chi connectivity index (χ1n) is 7.16. The van der Waals surface area contributed by atoms with Crippen molar-refractivity contribution in [1.82, 2.24) is 15.5 Å². The second-order valence-corrected chi connectivity index (χ2v) is 7.92. The van der Waals surface area contributed by atoms with Crippen LogP contribution in [0.25, 0.3) is 0 Å². The van der Waals surface area contributed by atoms with Gasteiger partial charge in [-0.3, -0.25) is 14.9 Å². The fourth-order valence-corrected chi connectivity index (χ4v) is 3.46. The highest BCUT2D eigenvalue weighted by molar-refractivity contribution is 9.10. The number of carbonyl (C=O) groups excluding carboxylic acids is 2. The minimum atomic E-state index is -0.638. The summed E-state index contributed by atoms with van der Waals surface area (Å²) in [6.07, 6.45) is 2.49. The van der Waals surface area contributed by atoms with Crippen LogP contribution in [0.3, 0.4) is 0 Å². The van der Waals surface area contributed by atoms with Gasteiger partial charge in [0.05, 0.1) is 5.56 Å². The number of carbonyl (C=O) groups is 2. The van der Waals surface area contributed by atoms with Gasteiger partial charge < -0.3 is 5.32 Å². The molecule has 1 heterocycles. The summed E-state index contributed by atoms with van der Waals surface area (Å²) in [7, 11) is 0. The fraction of sp³-hybridized carbons (Fsp3) is 0.333. The molecule has 0 bridgehead atoms. The first kappa shape index (κ1) is 18.9. The number of aryl methyl sites for hydroxylation is 1. The lowest BCUT2D eigenvalue weighted by Crippen LogP contribution is -2.44. The van der Waals surface area contributed by atoms with Gasteiger partial charge in [0.2, 0.25) is 11.0 Å². The van der Waals surface area contributed by atoms with Gasteiger partial charge in [-0.25, -0.2) is 0 Å². The van der Waals surface area contributed by atoms with E-state index in [1.54, 1.807) is 30.0 Å². The molecule has 1 atom stereocenters. The van der Waals surface area contributed by atoms with E-state index < -0.39 is 6.04 Å². The van der Waals surface area contributed by atoms with Crippen LogP contribution in [0.5, 0.6) is 0 Å². The highest BCUT2D eigenvalue weighted by Gasteiger charge is 2.23. The van der Waals surface area contributed by atoms with Crippen LogP contribution in [0.1, 0.15) is 21.8 Å². The summed E-state index contributed by atoms with van der Waals surface area (Å²) in [6, 6.07) is 6.46.